The molecule has 0 saturated heterocycles. The molecule has 1 fully saturated rings. The molecule has 0 spiro atoms. The average molecular weight is 407 g/mol. The Morgan fingerprint density at radius 2 is 1.74 bits per heavy atom. The molecule has 144 valence electrons. The summed E-state index contributed by atoms with van der Waals surface area (Å²) < 4.78 is 11.4. The second-order valence-electron chi connectivity index (χ2n) is 7.69. The molecular formula is C22H24Cl2O3. The summed E-state index contributed by atoms with van der Waals surface area (Å²) in [4.78, 5) is 12.1. The van der Waals surface area contributed by atoms with Crippen LogP contribution in [0.15, 0.2) is 54.6 Å². The first-order chi connectivity index (χ1) is 12.8. The Morgan fingerprint density at radius 1 is 1.07 bits per heavy atom. The van der Waals surface area contributed by atoms with Crippen LogP contribution in [-0.2, 0) is 16.1 Å². The van der Waals surface area contributed by atoms with Crippen LogP contribution in [0.1, 0.15) is 26.3 Å². The quantitative estimate of drug-likeness (QED) is 0.403. The molecule has 3 rings (SSSR count). The second kappa shape index (κ2) is 8.12. The van der Waals surface area contributed by atoms with E-state index in [0.717, 1.165) is 11.3 Å². The van der Waals surface area contributed by atoms with E-state index in [-0.39, 0.29) is 35.7 Å². The highest BCUT2D eigenvalue weighted by Crippen LogP contribution is 2.63. The Morgan fingerprint density at radius 3 is 2.41 bits per heavy atom. The van der Waals surface area contributed by atoms with Gasteiger partial charge in [-0.2, -0.15) is 0 Å². The first-order valence-electron chi connectivity index (χ1n) is 9.07. The van der Waals surface area contributed by atoms with Crippen LogP contribution in [0.4, 0.5) is 0 Å². The largest absolute Gasteiger partial charge is 0.461 e. The Bertz CT molecular complexity index is 789. The van der Waals surface area contributed by atoms with Crippen LogP contribution >= 0.6 is 23.2 Å². The predicted octanol–water partition coefficient (Wildman–Crippen LogP) is 6.23. The lowest BCUT2D eigenvalue weighted by atomic mass is 10.0. The van der Waals surface area contributed by atoms with Crippen LogP contribution in [0.25, 0.3) is 0 Å². The number of hydrogen-bond acceptors (Lipinski definition) is 3. The number of ether oxygens (including phenoxy) is 2. The van der Waals surface area contributed by atoms with Crippen LogP contribution in [0.5, 0.6) is 11.5 Å². The molecule has 27 heavy (non-hydrogen) atoms. The van der Waals surface area contributed by atoms with Crippen molar-refractivity contribution in [1.82, 2.24) is 0 Å². The monoisotopic (exact) mass is 406 g/mol. The van der Waals surface area contributed by atoms with E-state index in [4.69, 9.17) is 32.7 Å². The summed E-state index contributed by atoms with van der Waals surface area (Å²) in [7, 11) is 0. The molecule has 1 aliphatic carbocycles. The van der Waals surface area contributed by atoms with Gasteiger partial charge in [-0.15, -0.1) is 23.2 Å². The van der Waals surface area contributed by atoms with Gasteiger partial charge in [0.25, 0.3) is 0 Å². The molecule has 0 aromatic heterocycles. The third-order valence-corrected chi connectivity index (χ3v) is 6.18. The van der Waals surface area contributed by atoms with Crippen molar-refractivity contribution in [3.63, 3.8) is 0 Å². The lowest BCUT2D eigenvalue weighted by Crippen LogP contribution is -2.14. The fourth-order valence-electron chi connectivity index (χ4n) is 3.83. The second-order valence-corrected chi connectivity index (χ2v) is 8.85. The number of carbonyl (C=O) groups is 1. The van der Waals surface area contributed by atoms with Gasteiger partial charge in [0, 0.05) is 0 Å². The van der Waals surface area contributed by atoms with E-state index in [2.05, 4.69) is 13.8 Å². The van der Waals surface area contributed by atoms with E-state index in [9.17, 15) is 4.79 Å². The van der Waals surface area contributed by atoms with Crippen LogP contribution < -0.4 is 4.74 Å². The minimum absolute atomic E-state index is 0.0449. The molecule has 3 nitrogen and oxygen atoms in total. The molecule has 0 aliphatic heterocycles. The van der Waals surface area contributed by atoms with Crippen molar-refractivity contribution in [1.29, 1.82) is 0 Å². The average Bonchev–Trinajstić information content (AvgIpc) is 3.22. The first kappa shape index (κ1) is 20.0. The smallest absolute Gasteiger partial charge is 0.310 e. The molecule has 0 N–H and O–H groups in total. The molecule has 0 heterocycles. The lowest BCUT2D eigenvalue weighted by molar-refractivity contribution is -0.147. The van der Waals surface area contributed by atoms with E-state index in [1.165, 1.54) is 0 Å². The van der Waals surface area contributed by atoms with Crippen LogP contribution in [-0.4, -0.2) is 10.8 Å². The summed E-state index contributed by atoms with van der Waals surface area (Å²) in [6.07, 6.45) is 0. The zero-order chi connectivity index (χ0) is 19.6. The van der Waals surface area contributed by atoms with Gasteiger partial charge in [-0.05, 0) is 47.1 Å². The highest BCUT2D eigenvalue weighted by Gasteiger charge is 2.65. The number of carbonyl (C=O) groups excluding carboxylic acids is 1. The highest BCUT2D eigenvalue weighted by molar-refractivity contribution is 6.44. The molecule has 2 aromatic rings. The molecule has 0 bridgehead atoms. The number of halogens is 2. The Labute approximate surface area is 170 Å². The highest BCUT2D eigenvalue weighted by atomic mass is 35.5. The maximum absolute atomic E-state index is 12.6. The summed E-state index contributed by atoms with van der Waals surface area (Å²) in [5, 5.41) is 0. The normalized spacial score (nSPS) is 21.6. The molecule has 1 saturated carbocycles. The molecule has 0 radical (unpaired) electrons. The predicted molar refractivity (Wildman–Crippen MR) is 108 cm³/mol. The maximum atomic E-state index is 12.6. The van der Waals surface area contributed by atoms with Gasteiger partial charge in [0.1, 0.15) is 22.9 Å². The van der Waals surface area contributed by atoms with Gasteiger partial charge in [0.15, 0.2) is 0 Å². The fraction of sp³-hybridized carbons (Fsp3) is 0.409. The van der Waals surface area contributed by atoms with Gasteiger partial charge in [-0.1, -0.05) is 51.1 Å². The summed E-state index contributed by atoms with van der Waals surface area (Å²) in [6.45, 7) is 6.31. The van der Waals surface area contributed by atoms with Gasteiger partial charge in [0.2, 0.25) is 0 Å². The summed E-state index contributed by atoms with van der Waals surface area (Å²) >= 11 is 12.0. The Balaban J connectivity index is 1.59. The summed E-state index contributed by atoms with van der Waals surface area (Å²) in [6, 6.07) is 17.1. The van der Waals surface area contributed by atoms with Crippen molar-refractivity contribution < 1.29 is 14.3 Å². The van der Waals surface area contributed by atoms with Gasteiger partial charge in [-0.3, -0.25) is 4.79 Å². The van der Waals surface area contributed by atoms with Crippen molar-refractivity contribution >= 4 is 29.2 Å². The van der Waals surface area contributed by atoms with Crippen molar-refractivity contribution in [2.75, 3.05) is 0 Å². The zero-order valence-electron chi connectivity index (χ0n) is 15.7. The SMILES string of the molecule is CC(C(Cl)Cl)C1C(C(=O)OCc2cccc(Oc3ccccc3)c2)C1(C)C. The standard InChI is InChI=1S/C22H24Cl2O3/c1-14(20(23)24)18-19(22(18,2)3)21(25)26-13-15-8-7-11-17(12-15)27-16-9-5-4-6-10-16/h4-12,14,18-20H,13H2,1-3H3. The van der Waals surface area contributed by atoms with E-state index < -0.39 is 4.84 Å². The minimum Gasteiger partial charge on any atom is -0.461 e. The number of hydrogen-bond donors (Lipinski definition) is 0. The van der Waals surface area contributed by atoms with Gasteiger partial charge < -0.3 is 9.47 Å². The maximum Gasteiger partial charge on any atom is 0.310 e. The molecule has 0 amide bonds. The lowest BCUT2D eigenvalue weighted by Gasteiger charge is -2.13. The van der Waals surface area contributed by atoms with Crippen LogP contribution in [0.3, 0.4) is 0 Å². The van der Waals surface area contributed by atoms with E-state index >= 15 is 0 Å². The molecule has 3 atom stereocenters. The number of rotatable bonds is 7. The van der Waals surface area contributed by atoms with Crippen molar-refractivity contribution in [3.8, 4) is 11.5 Å². The minimum atomic E-state index is -0.487. The van der Waals surface area contributed by atoms with Gasteiger partial charge in [0.05, 0.1) is 5.92 Å². The van der Waals surface area contributed by atoms with Crippen LogP contribution in [0.2, 0.25) is 0 Å². The molecule has 5 heteroatoms. The fourth-order valence-corrected chi connectivity index (χ4v) is 4.15. The molecular weight excluding hydrogens is 383 g/mol. The third-order valence-electron chi connectivity index (χ3n) is 5.39. The van der Waals surface area contributed by atoms with E-state index in [1.807, 2.05) is 61.5 Å². The van der Waals surface area contributed by atoms with E-state index in [1.54, 1.807) is 0 Å². The summed E-state index contributed by atoms with van der Waals surface area (Å²) in [5.74, 6) is 1.29. The van der Waals surface area contributed by atoms with Crippen molar-refractivity contribution in [3.05, 3.63) is 60.2 Å². The zero-order valence-corrected chi connectivity index (χ0v) is 17.2. The van der Waals surface area contributed by atoms with Gasteiger partial charge >= 0.3 is 5.97 Å². The molecule has 1 aliphatic rings. The number of alkyl halides is 2. The van der Waals surface area contributed by atoms with Gasteiger partial charge in [-0.25, -0.2) is 0 Å². The van der Waals surface area contributed by atoms with Crippen molar-refractivity contribution in [2.24, 2.45) is 23.2 Å². The molecule has 2 aromatic carbocycles. The molecule has 3 unspecified atom stereocenters. The van der Waals surface area contributed by atoms with E-state index in [0.29, 0.717) is 5.75 Å². The number of esters is 1. The van der Waals surface area contributed by atoms with Crippen molar-refractivity contribution in [2.45, 2.75) is 32.2 Å². The number of benzene rings is 2. The first-order valence-corrected chi connectivity index (χ1v) is 9.94. The summed E-state index contributed by atoms with van der Waals surface area (Å²) in [5.41, 5.74) is 0.740. The topological polar surface area (TPSA) is 35.5 Å². The van der Waals surface area contributed by atoms with Crippen LogP contribution in [0, 0.1) is 23.2 Å². The Kier molecular flexibility index (Phi) is 6.02. The third kappa shape index (κ3) is 4.59. The Hall–Kier alpha value is -1.71. The number of para-hydroxylation sites is 1.